The normalized spacial score (nSPS) is 9.94. The number of hydrogen-bond acceptors (Lipinski definition) is 4. The van der Waals surface area contributed by atoms with Gasteiger partial charge in [0.1, 0.15) is 0 Å². The van der Waals surface area contributed by atoms with Crippen molar-refractivity contribution in [3.05, 3.63) is 48.0 Å². The molecule has 0 saturated heterocycles. The molecular formula is C12H12N4O. The lowest BCUT2D eigenvalue weighted by atomic mass is 10.2. The van der Waals surface area contributed by atoms with E-state index in [0.29, 0.717) is 11.3 Å². The summed E-state index contributed by atoms with van der Waals surface area (Å²) in [5, 5.41) is 3.09. The number of primary amides is 1. The molecule has 2 aromatic rings. The van der Waals surface area contributed by atoms with Gasteiger partial charge in [0.2, 0.25) is 5.91 Å². The highest BCUT2D eigenvalue weighted by atomic mass is 16.1. The first-order valence-corrected chi connectivity index (χ1v) is 5.10. The molecule has 0 unspecified atom stereocenters. The number of nitrogens with two attached hydrogens (primary N) is 1. The third-order valence-electron chi connectivity index (χ3n) is 2.22. The lowest BCUT2D eigenvalue weighted by Crippen LogP contribution is -2.11. The third kappa shape index (κ3) is 2.78. The molecule has 0 aliphatic carbocycles. The summed E-state index contributed by atoms with van der Waals surface area (Å²) < 4.78 is 0. The van der Waals surface area contributed by atoms with Gasteiger partial charge in [-0.2, -0.15) is 0 Å². The Morgan fingerprint density at radius 3 is 2.71 bits per heavy atom. The van der Waals surface area contributed by atoms with E-state index in [0.717, 1.165) is 11.4 Å². The molecule has 0 radical (unpaired) electrons. The van der Waals surface area contributed by atoms with E-state index in [1.54, 1.807) is 18.5 Å². The highest BCUT2D eigenvalue weighted by Gasteiger charge is 2.02. The molecule has 1 amide bonds. The molecule has 0 aliphatic heterocycles. The summed E-state index contributed by atoms with van der Waals surface area (Å²) in [5.74, 6) is -0.497. The van der Waals surface area contributed by atoms with E-state index in [1.165, 1.54) is 6.20 Å². The fourth-order valence-electron chi connectivity index (χ4n) is 1.35. The number of aryl methyl sites for hydroxylation is 1. The number of anilines is 2. The Bertz CT molecular complexity index is 536. The van der Waals surface area contributed by atoms with Gasteiger partial charge in [-0.3, -0.25) is 14.8 Å². The van der Waals surface area contributed by atoms with Crippen LogP contribution >= 0.6 is 0 Å². The van der Waals surface area contributed by atoms with E-state index in [1.807, 2.05) is 19.1 Å². The Kier molecular flexibility index (Phi) is 3.00. The van der Waals surface area contributed by atoms with E-state index >= 15 is 0 Å². The van der Waals surface area contributed by atoms with Gasteiger partial charge in [0, 0.05) is 11.9 Å². The van der Waals surface area contributed by atoms with E-state index < -0.39 is 5.91 Å². The summed E-state index contributed by atoms with van der Waals surface area (Å²) in [6.07, 6.45) is 4.76. The fraction of sp³-hybridized carbons (Fsp3) is 0.0833. The van der Waals surface area contributed by atoms with E-state index in [9.17, 15) is 4.79 Å². The van der Waals surface area contributed by atoms with Gasteiger partial charge in [0.15, 0.2) is 0 Å². The minimum Gasteiger partial charge on any atom is -0.366 e. The van der Waals surface area contributed by atoms with Crippen molar-refractivity contribution >= 4 is 17.3 Å². The molecule has 2 heterocycles. The number of pyridine rings is 2. The Morgan fingerprint density at radius 2 is 2.06 bits per heavy atom. The van der Waals surface area contributed by atoms with Crippen molar-refractivity contribution in [1.29, 1.82) is 0 Å². The number of nitrogens with zero attached hydrogens (tertiary/aromatic N) is 2. The fourth-order valence-corrected chi connectivity index (χ4v) is 1.35. The Hall–Kier alpha value is -2.43. The van der Waals surface area contributed by atoms with Crippen molar-refractivity contribution in [2.75, 3.05) is 5.32 Å². The number of hydrogen-bond donors (Lipinski definition) is 2. The van der Waals surface area contributed by atoms with E-state index in [4.69, 9.17) is 5.73 Å². The smallest absolute Gasteiger partial charge is 0.250 e. The Morgan fingerprint density at radius 1 is 1.24 bits per heavy atom. The number of rotatable bonds is 3. The van der Waals surface area contributed by atoms with Gasteiger partial charge in [-0.05, 0) is 25.1 Å². The van der Waals surface area contributed by atoms with Gasteiger partial charge in [0.25, 0.3) is 0 Å². The molecule has 0 saturated carbocycles. The lowest BCUT2D eigenvalue weighted by molar-refractivity contribution is 0.1000. The molecule has 0 aliphatic rings. The molecule has 2 rings (SSSR count). The molecule has 0 atom stereocenters. The Labute approximate surface area is 98.7 Å². The summed E-state index contributed by atoms with van der Waals surface area (Å²) in [7, 11) is 0. The molecule has 0 fully saturated rings. The summed E-state index contributed by atoms with van der Waals surface area (Å²) in [6.45, 7) is 1.92. The molecule has 0 aromatic carbocycles. The van der Waals surface area contributed by atoms with Crippen molar-refractivity contribution in [1.82, 2.24) is 9.97 Å². The maximum Gasteiger partial charge on any atom is 0.250 e. The molecule has 5 heteroatoms. The largest absolute Gasteiger partial charge is 0.366 e. The molecular weight excluding hydrogens is 216 g/mol. The van der Waals surface area contributed by atoms with Crippen LogP contribution in [0.4, 0.5) is 11.4 Å². The zero-order valence-corrected chi connectivity index (χ0v) is 9.34. The minimum atomic E-state index is -0.497. The number of carbonyl (C=O) groups is 1. The maximum absolute atomic E-state index is 11.0. The van der Waals surface area contributed by atoms with Crippen LogP contribution in [0.25, 0.3) is 0 Å². The van der Waals surface area contributed by atoms with Crippen LogP contribution in [0, 0.1) is 6.92 Å². The molecule has 2 aromatic heterocycles. The van der Waals surface area contributed by atoms with Gasteiger partial charge in [0.05, 0.1) is 29.3 Å². The minimum absolute atomic E-state index is 0.370. The summed E-state index contributed by atoms with van der Waals surface area (Å²) in [6, 6.07) is 5.45. The number of aromatic nitrogens is 2. The zero-order chi connectivity index (χ0) is 12.3. The summed E-state index contributed by atoms with van der Waals surface area (Å²) >= 11 is 0. The monoisotopic (exact) mass is 228 g/mol. The second kappa shape index (κ2) is 4.61. The van der Waals surface area contributed by atoms with Crippen molar-refractivity contribution in [3.63, 3.8) is 0 Å². The van der Waals surface area contributed by atoms with Gasteiger partial charge in [-0.15, -0.1) is 0 Å². The maximum atomic E-state index is 11.0. The lowest BCUT2D eigenvalue weighted by Gasteiger charge is -2.06. The highest BCUT2D eigenvalue weighted by Crippen LogP contribution is 2.15. The number of amides is 1. The van der Waals surface area contributed by atoms with Crippen molar-refractivity contribution in [3.8, 4) is 0 Å². The van der Waals surface area contributed by atoms with Crippen LogP contribution in [0.2, 0.25) is 0 Å². The third-order valence-corrected chi connectivity index (χ3v) is 2.22. The second-order valence-corrected chi connectivity index (χ2v) is 3.64. The predicted octanol–water partition coefficient (Wildman–Crippen LogP) is 1.63. The Balaban J connectivity index is 2.21. The first kappa shape index (κ1) is 11.1. The molecule has 0 bridgehead atoms. The van der Waals surface area contributed by atoms with Crippen molar-refractivity contribution in [2.45, 2.75) is 6.92 Å². The van der Waals surface area contributed by atoms with Gasteiger partial charge in [-0.1, -0.05) is 0 Å². The first-order valence-electron chi connectivity index (χ1n) is 5.10. The standard InChI is InChI=1S/C12H12N4O/c1-8-2-3-10(7-15-8)16-11-4-9(12(13)17)5-14-6-11/h2-7,16H,1H3,(H2,13,17). The van der Waals surface area contributed by atoms with Crippen LogP contribution in [-0.2, 0) is 0 Å². The van der Waals surface area contributed by atoms with Crippen molar-refractivity contribution in [2.24, 2.45) is 5.73 Å². The average molecular weight is 228 g/mol. The number of nitrogens with one attached hydrogen (secondary N) is 1. The van der Waals surface area contributed by atoms with Crippen molar-refractivity contribution < 1.29 is 4.79 Å². The van der Waals surface area contributed by atoms with Gasteiger partial charge >= 0.3 is 0 Å². The SMILES string of the molecule is Cc1ccc(Nc2cncc(C(N)=O)c2)cn1. The van der Waals surface area contributed by atoms with E-state index in [-0.39, 0.29) is 0 Å². The average Bonchev–Trinajstić information content (AvgIpc) is 2.32. The quantitative estimate of drug-likeness (QED) is 0.836. The predicted molar refractivity (Wildman–Crippen MR) is 65.0 cm³/mol. The highest BCUT2D eigenvalue weighted by molar-refractivity contribution is 5.93. The second-order valence-electron chi connectivity index (χ2n) is 3.64. The zero-order valence-electron chi connectivity index (χ0n) is 9.34. The topological polar surface area (TPSA) is 80.9 Å². The van der Waals surface area contributed by atoms with Gasteiger partial charge < -0.3 is 11.1 Å². The summed E-state index contributed by atoms with van der Waals surface area (Å²) in [4.78, 5) is 19.1. The number of carbonyl (C=O) groups excluding carboxylic acids is 1. The van der Waals surface area contributed by atoms with Crippen LogP contribution in [0.1, 0.15) is 16.1 Å². The van der Waals surface area contributed by atoms with Crippen LogP contribution in [0.15, 0.2) is 36.8 Å². The van der Waals surface area contributed by atoms with Crippen LogP contribution < -0.4 is 11.1 Å². The van der Waals surface area contributed by atoms with E-state index in [2.05, 4.69) is 15.3 Å². The first-order chi connectivity index (χ1) is 8.15. The molecule has 0 spiro atoms. The molecule has 5 nitrogen and oxygen atoms in total. The molecule has 17 heavy (non-hydrogen) atoms. The van der Waals surface area contributed by atoms with Crippen LogP contribution in [-0.4, -0.2) is 15.9 Å². The summed E-state index contributed by atoms with van der Waals surface area (Å²) in [5.41, 5.74) is 8.02. The molecule has 86 valence electrons. The van der Waals surface area contributed by atoms with Crippen LogP contribution in [0.3, 0.4) is 0 Å². The van der Waals surface area contributed by atoms with Gasteiger partial charge in [-0.25, -0.2) is 0 Å². The van der Waals surface area contributed by atoms with Crippen LogP contribution in [0.5, 0.6) is 0 Å². The molecule has 3 N–H and O–H groups in total.